The second-order valence-electron chi connectivity index (χ2n) is 8.19. The van der Waals surface area contributed by atoms with Crippen LogP contribution in [0.4, 0.5) is 0 Å². The number of aromatic nitrogens is 2. The SMILES string of the molecule is CN(C)CCCn1ccnc1C1CCN(C(=O)[C@@H]2C[C@H](N)CN2C)CC1. The van der Waals surface area contributed by atoms with E-state index < -0.39 is 0 Å². The summed E-state index contributed by atoms with van der Waals surface area (Å²) in [5.41, 5.74) is 6.02. The van der Waals surface area contributed by atoms with Gasteiger partial charge in [0.25, 0.3) is 0 Å². The van der Waals surface area contributed by atoms with Crippen molar-refractivity contribution in [3.05, 3.63) is 18.2 Å². The first-order chi connectivity index (χ1) is 12.5. The van der Waals surface area contributed by atoms with Crippen molar-refractivity contribution < 1.29 is 4.79 Å². The average Bonchev–Trinajstić information content (AvgIpc) is 3.20. The number of carbonyl (C=O) groups excluding carboxylic acids is 1. The highest BCUT2D eigenvalue weighted by atomic mass is 16.2. The van der Waals surface area contributed by atoms with Gasteiger partial charge < -0.3 is 20.1 Å². The van der Waals surface area contributed by atoms with Crippen molar-refractivity contribution in [1.82, 2.24) is 24.3 Å². The predicted octanol–water partition coefficient (Wildman–Crippen LogP) is 0.572. The van der Waals surface area contributed by atoms with Crippen LogP contribution < -0.4 is 5.73 Å². The standard InChI is InChI=1S/C19H34N6O/c1-22(2)8-4-9-24-12-7-21-18(24)15-5-10-25(11-6-15)19(26)17-13-16(20)14-23(17)3/h7,12,15-17H,4-6,8-11,13-14,20H2,1-3H3/t16-,17-/m0/s1. The lowest BCUT2D eigenvalue weighted by Gasteiger charge is -2.34. The molecule has 0 unspecified atom stereocenters. The van der Waals surface area contributed by atoms with Crippen molar-refractivity contribution in [3.63, 3.8) is 0 Å². The zero-order valence-electron chi connectivity index (χ0n) is 16.5. The monoisotopic (exact) mass is 362 g/mol. The number of aryl methyl sites for hydroxylation is 1. The number of likely N-dealkylation sites (N-methyl/N-ethyl adjacent to an activating group) is 1. The van der Waals surface area contributed by atoms with Crippen LogP contribution in [0.3, 0.4) is 0 Å². The molecular weight excluding hydrogens is 328 g/mol. The fourth-order valence-corrected chi connectivity index (χ4v) is 4.32. The molecule has 3 heterocycles. The molecule has 1 amide bonds. The zero-order chi connectivity index (χ0) is 18.7. The first kappa shape index (κ1) is 19.3. The number of nitrogens with zero attached hydrogens (tertiary/aromatic N) is 5. The van der Waals surface area contributed by atoms with Gasteiger partial charge in [0, 0.05) is 50.5 Å². The summed E-state index contributed by atoms with van der Waals surface area (Å²) in [6.45, 7) is 4.57. The Morgan fingerprint density at radius 3 is 2.69 bits per heavy atom. The minimum atomic E-state index is -0.0328. The van der Waals surface area contributed by atoms with Gasteiger partial charge in [-0.15, -0.1) is 0 Å². The fraction of sp³-hybridized carbons (Fsp3) is 0.789. The van der Waals surface area contributed by atoms with Gasteiger partial charge in [0.2, 0.25) is 5.91 Å². The third kappa shape index (κ3) is 4.45. The molecule has 2 aliphatic rings. The maximum absolute atomic E-state index is 12.8. The van der Waals surface area contributed by atoms with Gasteiger partial charge in [-0.3, -0.25) is 9.69 Å². The van der Waals surface area contributed by atoms with Gasteiger partial charge in [-0.2, -0.15) is 0 Å². The number of piperidine rings is 1. The summed E-state index contributed by atoms with van der Waals surface area (Å²) in [5.74, 6) is 1.90. The van der Waals surface area contributed by atoms with Gasteiger partial charge in [0.1, 0.15) is 5.82 Å². The molecule has 0 aromatic carbocycles. The van der Waals surface area contributed by atoms with E-state index in [0.717, 1.165) is 58.4 Å². The number of rotatable bonds is 6. The molecule has 146 valence electrons. The Balaban J connectivity index is 1.53. The quantitative estimate of drug-likeness (QED) is 0.801. The van der Waals surface area contributed by atoms with Crippen molar-refractivity contribution in [2.75, 3.05) is 47.3 Å². The number of carbonyl (C=O) groups is 1. The van der Waals surface area contributed by atoms with Gasteiger partial charge >= 0.3 is 0 Å². The highest BCUT2D eigenvalue weighted by Gasteiger charge is 2.36. The Bertz CT molecular complexity index is 593. The molecule has 2 N–H and O–H groups in total. The highest BCUT2D eigenvalue weighted by molar-refractivity contribution is 5.82. The summed E-state index contributed by atoms with van der Waals surface area (Å²) in [7, 11) is 6.22. The minimum absolute atomic E-state index is 0.0328. The molecule has 1 aromatic rings. The van der Waals surface area contributed by atoms with Gasteiger partial charge in [-0.25, -0.2) is 4.98 Å². The topological polar surface area (TPSA) is 70.6 Å². The number of hydrogen-bond acceptors (Lipinski definition) is 5. The number of likely N-dealkylation sites (tertiary alicyclic amines) is 2. The van der Waals surface area contributed by atoms with E-state index in [1.165, 1.54) is 5.82 Å². The summed E-state index contributed by atoms with van der Waals surface area (Å²) in [6.07, 6.45) is 7.92. The van der Waals surface area contributed by atoms with E-state index in [2.05, 4.69) is 39.6 Å². The van der Waals surface area contributed by atoms with Crippen LogP contribution in [0.25, 0.3) is 0 Å². The average molecular weight is 363 g/mol. The van der Waals surface area contributed by atoms with Gasteiger partial charge in [-0.05, 0) is 53.4 Å². The third-order valence-electron chi connectivity index (χ3n) is 5.79. The van der Waals surface area contributed by atoms with E-state index in [0.29, 0.717) is 5.92 Å². The van der Waals surface area contributed by atoms with E-state index >= 15 is 0 Å². The Labute approximate surface area is 157 Å². The molecule has 2 aliphatic heterocycles. The van der Waals surface area contributed by atoms with Crippen LogP contribution in [-0.4, -0.2) is 89.6 Å². The number of amides is 1. The van der Waals surface area contributed by atoms with Crippen LogP contribution in [-0.2, 0) is 11.3 Å². The minimum Gasteiger partial charge on any atom is -0.341 e. The molecule has 0 bridgehead atoms. The van der Waals surface area contributed by atoms with E-state index in [1.807, 2.05) is 18.1 Å². The molecule has 3 rings (SSSR count). The molecule has 2 fully saturated rings. The zero-order valence-corrected chi connectivity index (χ0v) is 16.5. The van der Waals surface area contributed by atoms with Crippen LogP contribution in [0.15, 0.2) is 12.4 Å². The van der Waals surface area contributed by atoms with Gasteiger partial charge in [0.15, 0.2) is 0 Å². The highest BCUT2D eigenvalue weighted by Crippen LogP contribution is 2.28. The first-order valence-corrected chi connectivity index (χ1v) is 9.86. The second kappa shape index (κ2) is 8.50. The van der Waals surface area contributed by atoms with Crippen LogP contribution in [0.2, 0.25) is 0 Å². The smallest absolute Gasteiger partial charge is 0.239 e. The maximum atomic E-state index is 12.8. The third-order valence-corrected chi connectivity index (χ3v) is 5.79. The van der Waals surface area contributed by atoms with E-state index in [-0.39, 0.29) is 18.0 Å². The lowest BCUT2D eigenvalue weighted by Crippen LogP contribution is -2.47. The van der Waals surface area contributed by atoms with Crippen molar-refractivity contribution in [2.24, 2.45) is 5.73 Å². The van der Waals surface area contributed by atoms with Crippen molar-refractivity contribution in [2.45, 2.75) is 50.2 Å². The van der Waals surface area contributed by atoms with Crippen LogP contribution >= 0.6 is 0 Å². The lowest BCUT2D eigenvalue weighted by molar-refractivity contribution is -0.136. The Kier molecular flexibility index (Phi) is 6.32. The second-order valence-corrected chi connectivity index (χ2v) is 8.19. The van der Waals surface area contributed by atoms with Crippen LogP contribution in [0, 0.1) is 0 Å². The van der Waals surface area contributed by atoms with Crippen LogP contribution in [0.1, 0.15) is 37.4 Å². The number of nitrogens with two attached hydrogens (primary N) is 1. The fourth-order valence-electron chi connectivity index (χ4n) is 4.32. The molecule has 2 saturated heterocycles. The number of hydrogen-bond donors (Lipinski definition) is 1. The van der Waals surface area contributed by atoms with Crippen LogP contribution in [0.5, 0.6) is 0 Å². The maximum Gasteiger partial charge on any atom is 0.239 e. The summed E-state index contributed by atoms with van der Waals surface area (Å²) < 4.78 is 2.30. The molecule has 0 aliphatic carbocycles. The van der Waals surface area contributed by atoms with E-state index in [9.17, 15) is 4.79 Å². The first-order valence-electron chi connectivity index (χ1n) is 9.86. The molecule has 1 aromatic heterocycles. The van der Waals surface area contributed by atoms with Crippen molar-refractivity contribution >= 4 is 5.91 Å². The Hall–Kier alpha value is -1.44. The normalized spacial score (nSPS) is 25.3. The molecular formula is C19H34N6O. The molecule has 0 saturated carbocycles. The summed E-state index contributed by atoms with van der Waals surface area (Å²) in [4.78, 5) is 23.8. The molecule has 0 spiro atoms. The van der Waals surface area contributed by atoms with Gasteiger partial charge in [-0.1, -0.05) is 0 Å². The number of imidazole rings is 1. The lowest BCUT2D eigenvalue weighted by atomic mass is 9.95. The van der Waals surface area contributed by atoms with E-state index in [4.69, 9.17) is 5.73 Å². The predicted molar refractivity (Wildman–Crippen MR) is 103 cm³/mol. The molecule has 7 nitrogen and oxygen atoms in total. The van der Waals surface area contributed by atoms with Crippen molar-refractivity contribution in [3.8, 4) is 0 Å². The largest absolute Gasteiger partial charge is 0.341 e. The Morgan fingerprint density at radius 2 is 2.08 bits per heavy atom. The molecule has 0 radical (unpaired) electrons. The molecule has 26 heavy (non-hydrogen) atoms. The molecule has 2 atom stereocenters. The van der Waals surface area contributed by atoms with Gasteiger partial charge in [0.05, 0.1) is 6.04 Å². The summed E-state index contributed by atoms with van der Waals surface area (Å²) in [5, 5.41) is 0. The van der Waals surface area contributed by atoms with Crippen molar-refractivity contribution in [1.29, 1.82) is 0 Å². The molecule has 7 heteroatoms. The Morgan fingerprint density at radius 1 is 1.35 bits per heavy atom. The summed E-state index contributed by atoms with van der Waals surface area (Å²) >= 11 is 0. The van der Waals surface area contributed by atoms with E-state index in [1.54, 1.807) is 0 Å². The summed E-state index contributed by atoms with van der Waals surface area (Å²) in [6, 6.07) is 0.0932.